The predicted molar refractivity (Wildman–Crippen MR) is 128 cm³/mol. The molecule has 1 amide bonds. The maximum atomic E-state index is 13.5. The summed E-state index contributed by atoms with van der Waals surface area (Å²) in [6, 6.07) is 19.7. The molecular formula is C27H21NO7. The van der Waals surface area contributed by atoms with Gasteiger partial charge in [0.15, 0.2) is 17.6 Å². The highest BCUT2D eigenvalue weighted by Crippen LogP contribution is 2.48. The van der Waals surface area contributed by atoms with Crippen LogP contribution in [0, 0.1) is 0 Å². The van der Waals surface area contributed by atoms with Crippen LogP contribution in [0.2, 0.25) is 0 Å². The second-order valence-electron chi connectivity index (χ2n) is 8.25. The number of benzene rings is 3. The summed E-state index contributed by atoms with van der Waals surface area (Å²) >= 11 is 0. The van der Waals surface area contributed by atoms with E-state index in [1.54, 1.807) is 42.5 Å². The Bertz CT molecular complexity index is 1480. The van der Waals surface area contributed by atoms with Crippen molar-refractivity contribution in [1.29, 1.82) is 0 Å². The highest BCUT2D eigenvalue weighted by molar-refractivity contribution is 5.97. The van der Waals surface area contributed by atoms with Crippen LogP contribution in [0.5, 0.6) is 23.0 Å². The number of ether oxygens (including phenoxy) is 4. The van der Waals surface area contributed by atoms with Crippen LogP contribution in [-0.2, 0) is 4.79 Å². The maximum Gasteiger partial charge on any atom is 0.344 e. The first-order valence-corrected chi connectivity index (χ1v) is 11.2. The van der Waals surface area contributed by atoms with Gasteiger partial charge in [0.05, 0.1) is 24.0 Å². The Morgan fingerprint density at radius 1 is 0.971 bits per heavy atom. The Morgan fingerprint density at radius 2 is 1.74 bits per heavy atom. The van der Waals surface area contributed by atoms with E-state index in [-0.39, 0.29) is 5.56 Å². The van der Waals surface area contributed by atoms with Crippen molar-refractivity contribution in [3.8, 4) is 23.0 Å². The van der Waals surface area contributed by atoms with Crippen LogP contribution < -0.4 is 29.9 Å². The Morgan fingerprint density at radius 3 is 2.57 bits per heavy atom. The molecule has 35 heavy (non-hydrogen) atoms. The molecule has 1 N–H and O–H groups in total. The summed E-state index contributed by atoms with van der Waals surface area (Å²) in [6.45, 7) is 0.776. The summed E-state index contributed by atoms with van der Waals surface area (Å²) in [5.74, 6) is 0.583. The summed E-state index contributed by atoms with van der Waals surface area (Å²) in [4.78, 5) is 26.7. The largest absolute Gasteiger partial charge is 0.493 e. The fourth-order valence-corrected chi connectivity index (χ4v) is 4.63. The molecule has 0 saturated carbocycles. The Balaban J connectivity index is 1.53. The minimum atomic E-state index is -1.04. The summed E-state index contributed by atoms with van der Waals surface area (Å²) in [7, 11) is 1.53. The molecule has 2 aliphatic rings. The minimum absolute atomic E-state index is 0.274. The molecule has 4 aromatic rings. The lowest BCUT2D eigenvalue weighted by Gasteiger charge is -2.24. The zero-order valence-corrected chi connectivity index (χ0v) is 18.8. The number of rotatable bonds is 4. The monoisotopic (exact) mass is 471 g/mol. The normalized spacial score (nSPS) is 18.0. The molecule has 6 rings (SSSR count). The first-order chi connectivity index (χ1) is 17.1. The number of amides is 1. The van der Waals surface area contributed by atoms with Gasteiger partial charge in [-0.05, 0) is 42.0 Å². The zero-order chi connectivity index (χ0) is 23.9. The fourth-order valence-electron chi connectivity index (χ4n) is 4.63. The van der Waals surface area contributed by atoms with Crippen molar-refractivity contribution in [3.63, 3.8) is 0 Å². The fraction of sp³-hybridized carbons (Fsp3) is 0.185. The summed E-state index contributed by atoms with van der Waals surface area (Å²) < 4.78 is 28.9. The number of carbonyl (C=O) groups excluding carboxylic acids is 1. The van der Waals surface area contributed by atoms with Gasteiger partial charge in [-0.1, -0.05) is 30.3 Å². The standard InChI is InChI=1S/C27H21NO7/c1-31-19-13-15(14-20-24(19)33-12-11-32-20)21-22-23(17-9-5-6-10-18(17)34-27(22)30)35-25(21)26(29)28-16-7-3-2-4-8-16/h2-10,13-14,21,25H,11-12H2,1H3,(H,28,29)/t21-,25-/m1/s1. The van der Waals surface area contributed by atoms with Gasteiger partial charge in [-0.15, -0.1) is 0 Å². The van der Waals surface area contributed by atoms with Crippen molar-refractivity contribution in [2.24, 2.45) is 0 Å². The molecule has 0 bridgehead atoms. The summed E-state index contributed by atoms with van der Waals surface area (Å²) in [6.07, 6.45) is -1.04. The molecule has 1 aromatic heterocycles. The predicted octanol–water partition coefficient (Wildman–Crippen LogP) is 4.10. The molecule has 8 heteroatoms. The van der Waals surface area contributed by atoms with E-state index in [9.17, 15) is 9.59 Å². The molecule has 3 heterocycles. The Hall–Kier alpha value is -4.46. The van der Waals surface area contributed by atoms with Crippen molar-refractivity contribution in [1.82, 2.24) is 0 Å². The molecule has 0 radical (unpaired) electrons. The smallest absolute Gasteiger partial charge is 0.344 e. The van der Waals surface area contributed by atoms with Crippen molar-refractivity contribution >= 4 is 22.6 Å². The van der Waals surface area contributed by atoms with E-state index in [0.29, 0.717) is 58.4 Å². The minimum Gasteiger partial charge on any atom is -0.493 e. The quantitative estimate of drug-likeness (QED) is 0.448. The SMILES string of the molecule is COc1cc([C@@H]2c3c(c4ccccc4oc3=O)O[C@H]2C(=O)Nc2ccccc2)cc2c1OCCO2. The van der Waals surface area contributed by atoms with Gasteiger partial charge in [0, 0.05) is 5.69 Å². The van der Waals surface area contributed by atoms with E-state index in [2.05, 4.69) is 5.32 Å². The number of nitrogens with one attached hydrogen (secondary N) is 1. The number of methoxy groups -OCH3 is 1. The molecule has 2 aliphatic heterocycles. The van der Waals surface area contributed by atoms with Crippen molar-refractivity contribution in [2.45, 2.75) is 12.0 Å². The van der Waals surface area contributed by atoms with Crippen LogP contribution >= 0.6 is 0 Å². The Labute approximate surface area is 200 Å². The second kappa shape index (κ2) is 8.39. The molecule has 8 nitrogen and oxygen atoms in total. The highest BCUT2D eigenvalue weighted by Gasteiger charge is 2.45. The number of carbonyl (C=O) groups is 1. The van der Waals surface area contributed by atoms with Crippen LogP contribution in [0.1, 0.15) is 17.0 Å². The van der Waals surface area contributed by atoms with Gasteiger partial charge in [0.25, 0.3) is 5.91 Å². The topological polar surface area (TPSA) is 96.2 Å². The van der Waals surface area contributed by atoms with Gasteiger partial charge < -0.3 is 28.7 Å². The van der Waals surface area contributed by atoms with E-state index in [1.165, 1.54) is 7.11 Å². The van der Waals surface area contributed by atoms with Gasteiger partial charge in [-0.3, -0.25) is 4.79 Å². The van der Waals surface area contributed by atoms with Gasteiger partial charge in [-0.25, -0.2) is 4.79 Å². The highest BCUT2D eigenvalue weighted by atomic mass is 16.6. The lowest BCUT2D eigenvalue weighted by atomic mass is 9.87. The number of hydrogen-bond donors (Lipinski definition) is 1. The van der Waals surface area contributed by atoms with Crippen LogP contribution in [-0.4, -0.2) is 32.3 Å². The molecular weight excluding hydrogens is 450 g/mol. The second-order valence-corrected chi connectivity index (χ2v) is 8.25. The zero-order valence-electron chi connectivity index (χ0n) is 18.8. The summed E-state index contributed by atoms with van der Waals surface area (Å²) in [5, 5.41) is 3.51. The number of hydrogen-bond acceptors (Lipinski definition) is 7. The molecule has 0 saturated heterocycles. The Kier molecular flexibility index (Phi) is 5.06. The van der Waals surface area contributed by atoms with Crippen molar-refractivity contribution in [2.75, 3.05) is 25.6 Å². The van der Waals surface area contributed by atoms with Crippen LogP contribution in [0.25, 0.3) is 11.0 Å². The van der Waals surface area contributed by atoms with Gasteiger partial charge in [0.1, 0.15) is 24.5 Å². The first-order valence-electron chi connectivity index (χ1n) is 11.2. The van der Waals surface area contributed by atoms with Gasteiger partial charge in [-0.2, -0.15) is 0 Å². The summed E-state index contributed by atoms with van der Waals surface area (Å²) in [5.41, 5.74) is 1.33. The van der Waals surface area contributed by atoms with E-state index in [0.717, 1.165) is 0 Å². The molecule has 2 atom stereocenters. The van der Waals surface area contributed by atoms with E-state index >= 15 is 0 Å². The third-order valence-electron chi connectivity index (χ3n) is 6.17. The number of para-hydroxylation sites is 2. The van der Waals surface area contributed by atoms with Gasteiger partial charge >= 0.3 is 5.63 Å². The number of anilines is 1. The van der Waals surface area contributed by atoms with E-state index < -0.39 is 23.6 Å². The maximum absolute atomic E-state index is 13.5. The van der Waals surface area contributed by atoms with E-state index in [4.69, 9.17) is 23.4 Å². The molecule has 0 fully saturated rings. The number of fused-ring (bicyclic) bond motifs is 4. The molecule has 0 aliphatic carbocycles. The van der Waals surface area contributed by atoms with E-state index in [1.807, 2.05) is 24.3 Å². The first kappa shape index (κ1) is 21.1. The van der Waals surface area contributed by atoms with Crippen LogP contribution in [0.3, 0.4) is 0 Å². The molecule has 0 unspecified atom stereocenters. The average Bonchev–Trinajstić information content (AvgIpc) is 3.31. The average molecular weight is 471 g/mol. The van der Waals surface area contributed by atoms with Gasteiger partial charge in [0.2, 0.25) is 5.75 Å². The lowest BCUT2D eigenvalue weighted by Crippen LogP contribution is -2.35. The third-order valence-corrected chi connectivity index (χ3v) is 6.17. The third kappa shape index (κ3) is 3.54. The lowest BCUT2D eigenvalue weighted by molar-refractivity contribution is -0.122. The van der Waals surface area contributed by atoms with Crippen LogP contribution in [0.4, 0.5) is 5.69 Å². The molecule has 0 spiro atoms. The molecule has 3 aromatic carbocycles. The van der Waals surface area contributed by atoms with Crippen molar-refractivity contribution < 1.29 is 28.2 Å². The molecule has 176 valence electrons. The van der Waals surface area contributed by atoms with Crippen molar-refractivity contribution in [3.05, 3.63) is 88.3 Å². The van der Waals surface area contributed by atoms with Crippen LogP contribution in [0.15, 0.2) is 75.9 Å².